The number of ether oxygens (including phenoxy) is 1. The molecular weight excluding hydrogens is 226 g/mol. The SMILES string of the molecule is C#CCCCCNC(=O)Cc1ccc(OC)cc1. The van der Waals surface area contributed by atoms with E-state index in [0.717, 1.165) is 30.6 Å². The zero-order chi connectivity index (χ0) is 13.2. The normalized spacial score (nSPS) is 9.56. The molecule has 0 saturated carbocycles. The number of carbonyl (C=O) groups excluding carboxylic acids is 1. The van der Waals surface area contributed by atoms with E-state index in [9.17, 15) is 4.79 Å². The van der Waals surface area contributed by atoms with Crippen molar-refractivity contribution in [2.75, 3.05) is 13.7 Å². The monoisotopic (exact) mass is 245 g/mol. The Morgan fingerprint density at radius 2 is 2.06 bits per heavy atom. The van der Waals surface area contributed by atoms with E-state index in [2.05, 4.69) is 11.2 Å². The Hall–Kier alpha value is -1.95. The number of rotatable bonds is 7. The molecule has 1 N–H and O–H groups in total. The van der Waals surface area contributed by atoms with Gasteiger partial charge in [-0.2, -0.15) is 0 Å². The second kappa shape index (κ2) is 8.19. The molecule has 0 bridgehead atoms. The molecule has 0 spiro atoms. The lowest BCUT2D eigenvalue weighted by Crippen LogP contribution is -2.26. The van der Waals surface area contributed by atoms with Crippen LogP contribution in [0.5, 0.6) is 5.75 Å². The maximum atomic E-state index is 11.6. The van der Waals surface area contributed by atoms with Gasteiger partial charge in [-0.1, -0.05) is 12.1 Å². The molecule has 0 aliphatic rings. The highest BCUT2D eigenvalue weighted by molar-refractivity contribution is 5.78. The molecule has 0 unspecified atom stereocenters. The summed E-state index contributed by atoms with van der Waals surface area (Å²) < 4.78 is 5.06. The Labute approximate surface area is 109 Å². The Morgan fingerprint density at radius 3 is 2.67 bits per heavy atom. The van der Waals surface area contributed by atoms with Crippen LogP contribution in [0.15, 0.2) is 24.3 Å². The van der Waals surface area contributed by atoms with E-state index in [1.807, 2.05) is 24.3 Å². The number of benzene rings is 1. The van der Waals surface area contributed by atoms with Gasteiger partial charge in [-0.15, -0.1) is 12.3 Å². The van der Waals surface area contributed by atoms with Crippen LogP contribution >= 0.6 is 0 Å². The van der Waals surface area contributed by atoms with E-state index in [0.29, 0.717) is 13.0 Å². The van der Waals surface area contributed by atoms with E-state index in [-0.39, 0.29) is 5.91 Å². The van der Waals surface area contributed by atoms with Gasteiger partial charge in [-0.25, -0.2) is 0 Å². The van der Waals surface area contributed by atoms with E-state index >= 15 is 0 Å². The maximum Gasteiger partial charge on any atom is 0.224 e. The molecule has 0 atom stereocenters. The fraction of sp³-hybridized carbons (Fsp3) is 0.400. The first-order valence-corrected chi connectivity index (χ1v) is 6.09. The van der Waals surface area contributed by atoms with Gasteiger partial charge in [0.25, 0.3) is 0 Å². The third-order valence-electron chi connectivity index (χ3n) is 2.59. The highest BCUT2D eigenvalue weighted by Gasteiger charge is 2.02. The van der Waals surface area contributed by atoms with Crippen LogP contribution in [-0.4, -0.2) is 19.6 Å². The molecule has 0 saturated heterocycles. The summed E-state index contributed by atoms with van der Waals surface area (Å²) in [5, 5.41) is 2.88. The maximum absolute atomic E-state index is 11.6. The number of hydrogen-bond acceptors (Lipinski definition) is 2. The van der Waals surface area contributed by atoms with E-state index in [1.54, 1.807) is 7.11 Å². The average molecular weight is 245 g/mol. The van der Waals surface area contributed by atoms with Crippen LogP contribution in [0.25, 0.3) is 0 Å². The number of hydrogen-bond donors (Lipinski definition) is 1. The number of unbranched alkanes of at least 4 members (excludes halogenated alkanes) is 2. The molecule has 18 heavy (non-hydrogen) atoms. The molecule has 0 fully saturated rings. The summed E-state index contributed by atoms with van der Waals surface area (Å²) in [5.41, 5.74) is 0.983. The first kappa shape index (κ1) is 14.1. The quantitative estimate of drug-likeness (QED) is 0.590. The van der Waals surface area contributed by atoms with E-state index < -0.39 is 0 Å². The lowest BCUT2D eigenvalue weighted by atomic mass is 10.1. The van der Waals surface area contributed by atoms with Crippen molar-refractivity contribution in [3.05, 3.63) is 29.8 Å². The summed E-state index contributed by atoms with van der Waals surface area (Å²) >= 11 is 0. The van der Waals surface area contributed by atoms with Crippen molar-refractivity contribution in [3.8, 4) is 18.1 Å². The molecule has 0 aromatic heterocycles. The van der Waals surface area contributed by atoms with E-state index in [4.69, 9.17) is 11.2 Å². The van der Waals surface area contributed by atoms with Crippen LogP contribution in [0.4, 0.5) is 0 Å². The molecule has 0 radical (unpaired) electrons. The minimum absolute atomic E-state index is 0.0425. The summed E-state index contributed by atoms with van der Waals surface area (Å²) in [6.45, 7) is 0.691. The minimum Gasteiger partial charge on any atom is -0.497 e. The van der Waals surface area contributed by atoms with Crippen molar-refractivity contribution in [1.29, 1.82) is 0 Å². The van der Waals surface area contributed by atoms with Crippen LogP contribution in [-0.2, 0) is 11.2 Å². The van der Waals surface area contributed by atoms with Gasteiger partial charge in [-0.05, 0) is 30.5 Å². The third kappa shape index (κ3) is 5.40. The standard InChI is InChI=1S/C15H19NO2/c1-3-4-5-6-11-16-15(17)12-13-7-9-14(18-2)10-8-13/h1,7-10H,4-6,11-12H2,2H3,(H,16,17). The first-order valence-electron chi connectivity index (χ1n) is 6.09. The molecule has 0 heterocycles. The van der Waals surface area contributed by atoms with Gasteiger partial charge in [0.15, 0.2) is 0 Å². The Balaban J connectivity index is 2.25. The van der Waals surface area contributed by atoms with Crippen molar-refractivity contribution >= 4 is 5.91 Å². The van der Waals surface area contributed by atoms with Gasteiger partial charge in [0.2, 0.25) is 5.91 Å². The van der Waals surface area contributed by atoms with Gasteiger partial charge < -0.3 is 10.1 Å². The fourth-order valence-electron chi connectivity index (χ4n) is 1.57. The Morgan fingerprint density at radius 1 is 1.33 bits per heavy atom. The van der Waals surface area contributed by atoms with Gasteiger partial charge >= 0.3 is 0 Å². The largest absolute Gasteiger partial charge is 0.497 e. The van der Waals surface area contributed by atoms with E-state index in [1.165, 1.54) is 0 Å². The van der Waals surface area contributed by atoms with Gasteiger partial charge in [0, 0.05) is 13.0 Å². The van der Waals surface area contributed by atoms with Crippen LogP contribution in [0, 0.1) is 12.3 Å². The topological polar surface area (TPSA) is 38.3 Å². The molecule has 1 aromatic rings. The zero-order valence-electron chi connectivity index (χ0n) is 10.7. The van der Waals surface area contributed by atoms with Crippen molar-refractivity contribution in [2.45, 2.75) is 25.7 Å². The lowest BCUT2D eigenvalue weighted by Gasteiger charge is -2.05. The highest BCUT2D eigenvalue weighted by Crippen LogP contribution is 2.11. The Bertz CT molecular complexity index is 403. The smallest absolute Gasteiger partial charge is 0.224 e. The molecule has 3 nitrogen and oxygen atoms in total. The lowest BCUT2D eigenvalue weighted by molar-refractivity contribution is -0.120. The second-order valence-electron chi connectivity index (χ2n) is 4.04. The van der Waals surface area contributed by atoms with Crippen LogP contribution in [0.1, 0.15) is 24.8 Å². The van der Waals surface area contributed by atoms with Crippen LogP contribution in [0.2, 0.25) is 0 Å². The summed E-state index contributed by atoms with van der Waals surface area (Å²) in [7, 11) is 1.62. The molecule has 0 aliphatic carbocycles. The Kier molecular flexibility index (Phi) is 6.42. The fourth-order valence-corrected chi connectivity index (χ4v) is 1.57. The van der Waals surface area contributed by atoms with Gasteiger partial charge in [0.05, 0.1) is 13.5 Å². The molecule has 1 aromatic carbocycles. The molecule has 1 amide bonds. The predicted molar refractivity (Wildman–Crippen MR) is 72.4 cm³/mol. The summed E-state index contributed by atoms with van der Waals surface area (Å²) in [6, 6.07) is 7.51. The van der Waals surface area contributed by atoms with Crippen molar-refractivity contribution in [3.63, 3.8) is 0 Å². The average Bonchev–Trinajstić information content (AvgIpc) is 2.39. The van der Waals surface area contributed by atoms with Crippen LogP contribution in [0.3, 0.4) is 0 Å². The minimum atomic E-state index is 0.0425. The zero-order valence-corrected chi connectivity index (χ0v) is 10.7. The summed E-state index contributed by atoms with van der Waals surface area (Å²) in [5.74, 6) is 3.42. The first-order chi connectivity index (χ1) is 8.76. The van der Waals surface area contributed by atoms with Crippen molar-refractivity contribution in [2.24, 2.45) is 0 Å². The summed E-state index contributed by atoms with van der Waals surface area (Å²) in [4.78, 5) is 11.6. The molecule has 0 aliphatic heterocycles. The van der Waals surface area contributed by atoms with Gasteiger partial charge in [-0.3, -0.25) is 4.79 Å². The second-order valence-corrected chi connectivity index (χ2v) is 4.04. The number of carbonyl (C=O) groups is 1. The van der Waals surface area contributed by atoms with Crippen molar-refractivity contribution in [1.82, 2.24) is 5.32 Å². The number of methoxy groups -OCH3 is 1. The number of amides is 1. The van der Waals surface area contributed by atoms with Crippen molar-refractivity contribution < 1.29 is 9.53 Å². The molecular formula is C15H19NO2. The molecule has 3 heteroatoms. The molecule has 1 rings (SSSR count). The van der Waals surface area contributed by atoms with Gasteiger partial charge in [0.1, 0.15) is 5.75 Å². The molecule has 96 valence electrons. The number of terminal acetylenes is 1. The number of nitrogens with one attached hydrogen (secondary N) is 1. The highest BCUT2D eigenvalue weighted by atomic mass is 16.5. The van der Waals surface area contributed by atoms with Crippen LogP contribution < -0.4 is 10.1 Å². The third-order valence-corrected chi connectivity index (χ3v) is 2.59. The predicted octanol–water partition coefficient (Wildman–Crippen LogP) is 2.16. The summed E-state index contributed by atoms with van der Waals surface area (Å²) in [6.07, 6.45) is 8.21.